The highest BCUT2D eigenvalue weighted by Crippen LogP contribution is 2.11. The SMILES string of the molecule is O=C(c1cc(Cl)ccn1)N1CCS(=O)CC1. The summed E-state index contributed by atoms with van der Waals surface area (Å²) in [7, 11) is -0.779. The Labute approximate surface area is 101 Å². The summed E-state index contributed by atoms with van der Waals surface area (Å²) in [6.45, 7) is 1.05. The molecule has 0 atom stereocenters. The van der Waals surface area contributed by atoms with E-state index < -0.39 is 10.8 Å². The highest BCUT2D eigenvalue weighted by Gasteiger charge is 2.21. The molecule has 0 bridgehead atoms. The summed E-state index contributed by atoms with van der Waals surface area (Å²) < 4.78 is 11.2. The summed E-state index contributed by atoms with van der Waals surface area (Å²) in [6, 6.07) is 3.18. The Kier molecular flexibility index (Phi) is 3.56. The molecule has 0 N–H and O–H groups in total. The summed E-state index contributed by atoms with van der Waals surface area (Å²) in [5.41, 5.74) is 0.347. The Morgan fingerprint density at radius 2 is 2.12 bits per heavy atom. The molecule has 4 nitrogen and oxygen atoms in total. The summed E-state index contributed by atoms with van der Waals surface area (Å²) in [6.07, 6.45) is 1.51. The van der Waals surface area contributed by atoms with Gasteiger partial charge in [0.2, 0.25) is 0 Å². The van der Waals surface area contributed by atoms with Gasteiger partial charge in [0, 0.05) is 46.6 Å². The van der Waals surface area contributed by atoms with E-state index >= 15 is 0 Å². The van der Waals surface area contributed by atoms with Crippen LogP contribution in [0.15, 0.2) is 18.3 Å². The fourth-order valence-electron chi connectivity index (χ4n) is 1.52. The van der Waals surface area contributed by atoms with Crippen LogP contribution in [0.3, 0.4) is 0 Å². The number of nitrogens with zero attached hydrogens (tertiary/aromatic N) is 2. The molecule has 1 aromatic rings. The van der Waals surface area contributed by atoms with Crippen molar-refractivity contribution in [3.8, 4) is 0 Å². The van der Waals surface area contributed by atoms with Gasteiger partial charge in [-0.3, -0.25) is 14.0 Å². The van der Waals surface area contributed by atoms with Crippen LogP contribution in [0.5, 0.6) is 0 Å². The normalized spacial score (nSPS) is 17.4. The minimum atomic E-state index is -0.779. The van der Waals surface area contributed by atoms with E-state index in [1.54, 1.807) is 17.0 Å². The van der Waals surface area contributed by atoms with Crippen LogP contribution < -0.4 is 0 Å². The first kappa shape index (κ1) is 11.5. The molecule has 2 heterocycles. The van der Waals surface area contributed by atoms with E-state index in [0.29, 0.717) is 35.3 Å². The van der Waals surface area contributed by atoms with E-state index in [0.717, 1.165) is 0 Å². The quantitative estimate of drug-likeness (QED) is 0.753. The van der Waals surface area contributed by atoms with Crippen molar-refractivity contribution in [1.29, 1.82) is 0 Å². The van der Waals surface area contributed by atoms with Crippen molar-refractivity contribution in [2.45, 2.75) is 0 Å². The average Bonchev–Trinajstić information content (AvgIpc) is 2.29. The smallest absolute Gasteiger partial charge is 0.272 e. The molecule has 86 valence electrons. The van der Waals surface area contributed by atoms with Crippen LogP contribution in [0, 0.1) is 0 Å². The van der Waals surface area contributed by atoms with Crippen molar-refractivity contribution in [2.24, 2.45) is 0 Å². The number of pyridine rings is 1. The lowest BCUT2D eigenvalue weighted by molar-refractivity contribution is 0.0765. The van der Waals surface area contributed by atoms with E-state index in [1.807, 2.05) is 0 Å². The second-order valence-corrected chi connectivity index (χ2v) is 5.63. The molecule has 1 amide bonds. The maximum atomic E-state index is 12.0. The van der Waals surface area contributed by atoms with E-state index in [4.69, 9.17) is 11.6 Å². The minimum Gasteiger partial charge on any atom is -0.335 e. The number of hydrogen-bond donors (Lipinski definition) is 0. The van der Waals surface area contributed by atoms with Crippen LogP contribution in [0.25, 0.3) is 0 Å². The van der Waals surface area contributed by atoms with Gasteiger partial charge in [-0.25, -0.2) is 0 Å². The number of aromatic nitrogens is 1. The number of rotatable bonds is 1. The van der Waals surface area contributed by atoms with E-state index in [1.165, 1.54) is 6.20 Å². The van der Waals surface area contributed by atoms with Crippen LogP contribution >= 0.6 is 11.6 Å². The third kappa shape index (κ3) is 2.59. The van der Waals surface area contributed by atoms with Crippen LogP contribution in [-0.2, 0) is 10.8 Å². The Balaban J connectivity index is 2.10. The van der Waals surface area contributed by atoms with Gasteiger partial charge < -0.3 is 4.90 Å². The summed E-state index contributed by atoms with van der Waals surface area (Å²) >= 11 is 5.79. The van der Waals surface area contributed by atoms with Crippen molar-refractivity contribution in [1.82, 2.24) is 9.88 Å². The first-order chi connectivity index (χ1) is 7.66. The molecule has 0 radical (unpaired) electrons. The summed E-state index contributed by atoms with van der Waals surface area (Å²) in [5, 5.41) is 0.499. The Morgan fingerprint density at radius 1 is 1.44 bits per heavy atom. The number of carbonyl (C=O) groups is 1. The number of hydrogen-bond acceptors (Lipinski definition) is 3. The van der Waals surface area contributed by atoms with E-state index in [9.17, 15) is 9.00 Å². The Morgan fingerprint density at radius 3 is 2.75 bits per heavy atom. The zero-order valence-electron chi connectivity index (χ0n) is 8.56. The van der Waals surface area contributed by atoms with Crippen molar-refractivity contribution in [3.05, 3.63) is 29.0 Å². The predicted octanol–water partition coefficient (Wildman–Crippen LogP) is 0.939. The number of amides is 1. The molecule has 0 spiro atoms. The lowest BCUT2D eigenvalue weighted by atomic mass is 10.3. The number of carbonyl (C=O) groups excluding carboxylic acids is 1. The molecular formula is C10H11ClN2O2S. The molecule has 0 unspecified atom stereocenters. The summed E-state index contributed by atoms with van der Waals surface area (Å²) in [4.78, 5) is 17.6. The molecular weight excluding hydrogens is 248 g/mol. The molecule has 1 fully saturated rings. The minimum absolute atomic E-state index is 0.140. The standard InChI is InChI=1S/C10H11ClN2O2S/c11-8-1-2-12-9(7-8)10(14)13-3-5-16(15)6-4-13/h1-2,7H,3-6H2. The Hall–Kier alpha value is -0.940. The van der Waals surface area contributed by atoms with Crippen molar-refractivity contribution >= 4 is 28.3 Å². The summed E-state index contributed by atoms with van der Waals surface area (Å²) in [5.74, 6) is 0.956. The van der Waals surface area contributed by atoms with E-state index in [2.05, 4.69) is 4.98 Å². The van der Waals surface area contributed by atoms with Gasteiger partial charge in [-0.15, -0.1) is 0 Å². The largest absolute Gasteiger partial charge is 0.335 e. The second-order valence-electron chi connectivity index (χ2n) is 3.50. The van der Waals surface area contributed by atoms with Gasteiger partial charge in [-0.1, -0.05) is 11.6 Å². The fraction of sp³-hybridized carbons (Fsp3) is 0.400. The highest BCUT2D eigenvalue weighted by atomic mass is 35.5. The second kappa shape index (κ2) is 4.93. The fourth-order valence-corrected chi connectivity index (χ4v) is 2.74. The van der Waals surface area contributed by atoms with Crippen molar-refractivity contribution in [2.75, 3.05) is 24.6 Å². The third-order valence-corrected chi connectivity index (χ3v) is 3.92. The molecule has 2 rings (SSSR count). The molecule has 1 aliphatic rings. The lowest BCUT2D eigenvalue weighted by Gasteiger charge is -2.25. The zero-order valence-corrected chi connectivity index (χ0v) is 10.1. The molecule has 16 heavy (non-hydrogen) atoms. The molecule has 6 heteroatoms. The topological polar surface area (TPSA) is 50.3 Å². The van der Waals surface area contributed by atoms with Crippen LogP contribution in [0.2, 0.25) is 5.02 Å². The monoisotopic (exact) mass is 258 g/mol. The molecule has 0 saturated carbocycles. The number of halogens is 1. The molecule has 0 aliphatic carbocycles. The van der Waals surface area contributed by atoms with Gasteiger partial charge in [0.05, 0.1) is 0 Å². The van der Waals surface area contributed by atoms with Gasteiger partial charge in [0.1, 0.15) is 5.69 Å². The van der Waals surface area contributed by atoms with Gasteiger partial charge >= 0.3 is 0 Å². The van der Waals surface area contributed by atoms with Gasteiger partial charge in [0.25, 0.3) is 5.91 Å². The van der Waals surface area contributed by atoms with Gasteiger partial charge in [-0.2, -0.15) is 0 Å². The molecule has 1 saturated heterocycles. The average molecular weight is 259 g/mol. The molecule has 1 aromatic heterocycles. The first-order valence-electron chi connectivity index (χ1n) is 4.92. The van der Waals surface area contributed by atoms with Crippen LogP contribution in [0.4, 0.5) is 0 Å². The van der Waals surface area contributed by atoms with Gasteiger partial charge in [0.15, 0.2) is 0 Å². The first-order valence-corrected chi connectivity index (χ1v) is 6.79. The third-order valence-electron chi connectivity index (χ3n) is 2.41. The zero-order chi connectivity index (χ0) is 11.5. The van der Waals surface area contributed by atoms with Crippen LogP contribution in [-0.4, -0.2) is 44.6 Å². The highest BCUT2D eigenvalue weighted by molar-refractivity contribution is 7.85. The maximum Gasteiger partial charge on any atom is 0.272 e. The molecule has 1 aliphatic heterocycles. The maximum absolute atomic E-state index is 12.0. The van der Waals surface area contributed by atoms with E-state index in [-0.39, 0.29) is 5.91 Å². The van der Waals surface area contributed by atoms with Crippen molar-refractivity contribution in [3.63, 3.8) is 0 Å². The Bertz CT molecular complexity index is 429. The van der Waals surface area contributed by atoms with Crippen LogP contribution in [0.1, 0.15) is 10.5 Å². The van der Waals surface area contributed by atoms with Crippen molar-refractivity contribution < 1.29 is 9.00 Å². The molecule has 0 aromatic carbocycles. The predicted molar refractivity (Wildman–Crippen MR) is 63.0 cm³/mol. The lowest BCUT2D eigenvalue weighted by Crippen LogP contribution is -2.42. The van der Waals surface area contributed by atoms with Gasteiger partial charge in [-0.05, 0) is 12.1 Å².